The van der Waals surface area contributed by atoms with Gasteiger partial charge in [0.05, 0.1) is 11.7 Å². The maximum atomic E-state index is 6.15. The molecule has 1 aliphatic heterocycles. The minimum atomic E-state index is 0.242. The number of nitrogens with two attached hydrogens (primary N) is 1. The second-order valence-electron chi connectivity index (χ2n) is 4.19. The van der Waals surface area contributed by atoms with Crippen LogP contribution in [0.25, 0.3) is 0 Å². The molecule has 0 aromatic carbocycles. The van der Waals surface area contributed by atoms with Gasteiger partial charge < -0.3 is 5.73 Å². The maximum Gasteiger partial charge on any atom is 0.0674 e. The Balaban J connectivity index is 2.17. The van der Waals surface area contributed by atoms with E-state index in [1.54, 1.807) is 0 Å². The molecule has 0 amide bonds. The average molecular weight is 205 g/mol. The van der Waals surface area contributed by atoms with Gasteiger partial charge in [0, 0.05) is 18.8 Å². The number of nitrogens with zero attached hydrogens (tertiary/aromatic N) is 2. The van der Waals surface area contributed by atoms with E-state index in [0.29, 0.717) is 6.04 Å². The van der Waals surface area contributed by atoms with E-state index in [0.717, 1.165) is 25.2 Å². The van der Waals surface area contributed by atoms with Crippen LogP contribution in [0.4, 0.5) is 0 Å². The standard InChI is InChI=1S/C12H19N3/c1-2-8-15-9-6-10(13)12(15)11-5-3-4-7-14-11/h3-5,7,10,12H,2,6,8-9,13H2,1H3/t10-,12-/m1/s1. The first kappa shape index (κ1) is 10.6. The molecule has 1 fully saturated rings. The van der Waals surface area contributed by atoms with Crippen LogP contribution in [0, 0.1) is 0 Å². The summed E-state index contributed by atoms with van der Waals surface area (Å²) in [6, 6.07) is 6.64. The van der Waals surface area contributed by atoms with Gasteiger partial charge >= 0.3 is 0 Å². The number of hydrogen-bond acceptors (Lipinski definition) is 3. The number of hydrogen-bond donors (Lipinski definition) is 1. The Morgan fingerprint density at radius 2 is 2.40 bits per heavy atom. The van der Waals surface area contributed by atoms with Gasteiger partial charge in [0.25, 0.3) is 0 Å². The number of likely N-dealkylation sites (tertiary alicyclic amines) is 1. The first-order valence-electron chi connectivity index (χ1n) is 5.73. The van der Waals surface area contributed by atoms with Crippen LogP contribution in [0.2, 0.25) is 0 Å². The smallest absolute Gasteiger partial charge is 0.0674 e. The van der Waals surface area contributed by atoms with Crippen LogP contribution >= 0.6 is 0 Å². The molecule has 1 saturated heterocycles. The summed E-state index contributed by atoms with van der Waals surface area (Å²) in [5, 5.41) is 0. The minimum absolute atomic E-state index is 0.242. The Bertz CT molecular complexity index is 297. The Hall–Kier alpha value is -0.930. The van der Waals surface area contributed by atoms with Crippen molar-refractivity contribution in [1.29, 1.82) is 0 Å². The lowest BCUT2D eigenvalue weighted by Gasteiger charge is -2.25. The molecule has 2 rings (SSSR count). The molecular formula is C12H19N3. The lowest BCUT2D eigenvalue weighted by atomic mass is 10.1. The van der Waals surface area contributed by atoms with Gasteiger partial charge in [-0.2, -0.15) is 0 Å². The van der Waals surface area contributed by atoms with Gasteiger partial charge in [0.1, 0.15) is 0 Å². The highest BCUT2D eigenvalue weighted by molar-refractivity contribution is 5.13. The van der Waals surface area contributed by atoms with E-state index in [2.05, 4.69) is 22.9 Å². The maximum absolute atomic E-state index is 6.15. The van der Waals surface area contributed by atoms with Gasteiger partial charge in [0.2, 0.25) is 0 Å². The second-order valence-corrected chi connectivity index (χ2v) is 4.19. The fraction of sp³-hybridized carbons (Fsp3) is 0.583. The molecule has 0 radical (unpaired) electrons. The molecular weight excluding hydrogens is 186 g/mol. The zero-order chi connectivity index (χ0) is 10.7. The molecule has 0 saturated carbocycles. The molecule has 0 unspecified atom stereocenters. The molecule has 0 spiro atoms. The van der Waals surface area contributed by atoms with Crippen LogP contribution in [-0.2, 0) is 0 Å². The van der Waals surface area contributed by atoms with Gasteiger partial charge in [-0.15, -0.1) is 0 Å². The van der Waals surface area contributed by atoms with Crippen molar-refractivity contribution in [2.75, 3.05) is 13.1 Å². The van der Waals surface area contributed by atoms with E-state index < -0.39 is 0 Å². The average Bonchev–Trinajstić information content (AvgIpc) is 2.62. The summed E-state index contributed by atoms with van der Waals surface area (Å²) in [6.07, 6.45) is 4.11. The molecule has 0 bridgehead atoms. The highest BCUT2D eigenvalue weighted by Crippen LogP contribution is 2.29. The SMILES string of the molecule is CCCN1CC[C@@H](N)[C@@H]1c1ccccn1. The van der Waals surface area contributed by atoms with Crippen LogP contribution in [0.3, 0.4) is 0 Å². The van der Waals surface area contributed by atoms with Crippen molar-refractivity contribution in [3.8, 4) is 0 Å². The van der Waals surface area contributed by atoms with Gasteiger partial charge in [-0.25, -0.2) is 0 Å². The van der Waals surface area contributed by atoms with E-state index in [-0.39, 0.29) is 6.04 Å². The number of pyridine rings is 1. The van der Waals surface area contributed by atoms with Crippen molar-refractivity contribution < 1.29 is 0 Å². The van der Waals surface area contributed by atoms with Crippen molar-refractivity contribution >= 4 is 0 Å². The zero-order valence-electron chi connectivity index (χ0n) is 9.26. The Morgan fingerprint density at radius 3 is 3.07 bits per heavy atom. The van der Waals surface area contributed by atoms with E-state index in [4.69, 9.17) is 5.73 Å². The highest BCUT2D eigenvalue weighted by atomic mass is 15.2. The third-order valence-electron chi connectivity index (χ3n) is 3.05. The van der Waals surface area contributed by atoms with Crippen molar-refractivity contribution in [2.24, 2.45) is 5.73 Å². The molecule has 1 aliphatic rings. The monoisotopic (exact) mass is 205 g/mol. The first-order valence-corrected chi connectivity index (χ1v) is 5.73. The van der Waals surface area contributed by atoms with E-state index >= 15 is 0 Å². The fourth-order valence-electron chi connectivity index (χ4n) is 2.38. The second kappa shape index (κ2) is 4.73. The topological polar surface area (TPSA) is 42.1 Å². The van der Waals surface area contributed by atoms with Crippen LogP contribution in [0.15, 0.2) is 24.4 Å². The van der Waals surface area contributed by atoms with Crippen LogP contribution < -0.4 is 5.73 Å². The minimum Gasteiger partial charge on any atom is -0.326 e. The predicted octanol–water partition coefficient (Wildman–Crippen LogP) is 1.57. The van der Waals surface area contributed by atoms with Crippen molar-refractivity contribution in [3.63, 3.8) is 0 Å². The van der Waals surface area contributed by atoms with Gasteiger partial charge in [-0.05, 0) is 31.5 Å². The molecule has 2 N–H and O–H groups in total. The van der Waals surface area contributed by atoms with E-state index in [1.807, 2.05) is 18.3 Å². The summed E-state index contributed by atoms with van der Waals surface area (Å²) in [6.45, 7) is 4.44. The number of aromatic nitrogens is 1. The lowest BCUT2D eigenvalue weighted by molar-refractivity contribution is 0.244. The van der Waals surface area contributed by atoms with Crippen LogP contribution in [0.1, 0.15) is 31.5 Å². The molecule has 2 atom stereocenters. The lowest BCUT2D eigenvalue weighted by Crippen LogP contribution is -2.32. The predicted molar refractivity (Wildman–Crippen MR) is 61.4 cm³/mol. The zero-order valence-corrected chi connectivity index (χ0v) is 9.26. The van der Waals surface area contributed by atoms with Crippen molar-refractivity contribution in [2.45, 2.75) is 31.8 Å². The molecule has 3 nitrogen and oxygen atoms in total. The molecule has 0 aliphatic carbocycles. The Labute approximate surface area is 91.3 Å². The van der Waals surface area contributed by atoms with E-state index in [1.165, 1.54) is 6.42 Å². The van der Waals surface area contributed by atoms with Crippen LogP contribution in [0.5, 0.6) is 0 Å². The molecule has 1 aromatic rings. The summed E-state index contributed by atoms with van der Waals surface area (Å²) < 4.78 is 0. The molecule has 1 aromatic heterocycles. The quantitative estimate of drug-likeness (QED) is 0.814. The van der Waals surface area contributed by atoms with Gasteiger partial charge in [-0.3, -0.25) is 9.88 Å². The molecule has 15 heavy (non-hydrogen) atoms. The highest BCUT2D eigenvalue weighted by Gasteiger charge is 2.32. The third kappa shape index (κ3) is 2.19. The third-order valence-corrected chi connectivity index (χ3v) is 3.05. The van der Waals surface area contributed by atoms with E-state index in [9.17, 15) is 0 Å². The fourth-order valence-corrected chi connectivity index (χ4v) is 2.38. The normalized spacial score (nSPS) is 27.1. The van der Waals surface area contributed by atoms with Crippen molar-refractivity contribution in [1.82, 2.24) is 9.88 Å². The molecule has 3 heteroatoms. The molecule has 82 valence electrons. The summed E-state index contributed by atoms with van der Waals surface area (Å²) in [5.74, 6) is 0. The summed E-state index contributed by atoms with van der Waals surface area (Å²) in [4.78, 5) is 6.87. The first-order chi connectivity index (χ1) is 7.33. The Morgan fingerprint density at radius 1 is 1.53 bits per heavy atom. The summed E-state index contributed by atoms with van der Waals surface area (Å²) >= 11 is 0. The number of rotatable bonds is 3. The largest absolute Gasteiger partial charge is 0.326 e. The van der Waals surface area contributed by atoms with Gasteiger partial charge in [0.15, 0.2) is 0 Å². The Kier molecular flexibility index (Phi) is 3.34. The van der Waals surface area contributed by atoms with Gasteiger partial charge in [-0.1, -0.05) is 13.0 Å². The van der Waals surface area contributed by atoms with Crippen molar-refractivity contribution in [3.05, 3.63) is 30.1 Å². The molecule has 2 heterocycles. The summed E-state index contributed by atoms with van der Waals surface area (Å²) in [5.41, 5.74) is 7.27. The summed E-state index contributed by atoms with van der Waals surface area (Å²) in [7, 11) is 0. The van der Waals surface area contributed by atoms with Crippen LogP contribution in [-0.4, -0.2) is 29.0 Å².